The van der Waals surface area contributed by atoms with Gasteiger partial charge in [0.25, 0.3) is 5.91 Å². The monoisotopic (exact) mass is 268 g/mol. The highest BCUT2D eigenvalue weighted by atomic mass is 19.1. The van der Waals surface area contributed by atoms with Gasteiger partial charge in [0.05, 0.1) is 24.8 Å². The molecule has 102 valence electrons. The minimum atomic E-state index is -1.06. The third-order valence-corrected chi connectivity index (χ3v) is 2.83. The van der Waals surface area contributed by atoms with E-state index >= 15 is 0 Å². The molecule has 1 saturated heterocycles. The number of carbonyl (C=O) groups excluding carboxylic acids is 1. The summed E-state index contributed by atoms with van der Waals surface area (Å²) in [5.41, 5.74) is -0.491. The second kappa shape index (κ2) is 4.93. The Labute approximate surface area is 108 Å². The maximum Gasteiger partial charge on any atom is 0.329 e. The second-order valence-electron chi connectivity index (χ2n) is 4.69. The molecule has 1 aliphatic heterocycles. The van der Waals surface area contributed by atoms with Gasteiger partial charge in [-0.05, 0) is 13.0 Å². The molecule has 0 radical (unpaired) electrons. The molecular weight excluding hydrogens is 255 g/mol. The minimum absolute atomic E-state index is 0.167. The third kappa shape index (κ3) is 3.05. The van der Waals surface area contributed by atoms with Crippen LogP contribution in [0.2, 0.25) is 0 Å². The summed E-state index contributed by atoms with van der Waals surface area (Å²) in [6, 6.07) is 1.11. The lowest BCUT2D eigenvalue weighted by molar-refractivity contribution is -0.159. The van der Waals surface area contributed by atoms with Gasteiger partial charge in [-0.15, -0.1) is 0 Å². The number of nitrogens with zero attached hydrogens (tertiary/aromatic N) is 2. The molecule has 0 aromatic carbocycles. The molecule has 0 aliphatic carbocycles. The van der Waals surface area contributed by atoms with Crippen LogP contribution in [0.4, 0.5) is 4.39 Å². The number of aromatic nitrogens is 1. The first kappa shape index (κ1) is 13.4. The van der Waals surface area contributed by atoms with Gasteiger partial charge in [0, 0.05) is 6.20 Å². The number of likely N-dealkylation sites (tertiary alicyclic amines) is 1. The first-order chi connectivity index (χ1) is 8.89. The normalized spacial score (nSPS) is 16.8. The molecule has 6 nitrogen and oxygen atoms in total. The first-order valence-corrected chi connectivity index (χ1v) is 5.65. The summed E-state index contributed by atoms with van der Waals surface area (Å²) in [7, 11) is 0. The Morgan fingerprint density at radius 3 is 2.79 bits per heavy atom. The number of hydrogen-bond donors (Lipinski definition) is 1. The summed E-state index contributed by atoms with van der Waals surface area (Å²) in [5, 5.41) is 8.52. The molecule has 2 heterocycles. The number of carboxylic acid groups (broad SMARTS) is 1. The number of pyridine rings is 1. The fraction of sp³-hybridized carbons (Fsp3) is 0.417. The van der Waals surface area contributed by atoms with E-state index in [1.165, 1.54) is 11.1 Å². The van der Waals surface area contributed by atoms with E-state index < -0.39 is 24.0 Å². The van der Waals surface area contributed by atoms with E-state index in [4.69, 9.17) is 9.84 Å². The van der Waals surface area contributed by atoms with Crippen molar-refractivity contribution in [3.63, 3.8) is 0 Å². The zero-order chi connectivity index (χ0) is 14.0. The van der Waals surface area contributed by atoms with E-state index in [1.807, 2.05) is 0 Å². The maximum atomic E-state index is 13.0. The largest absolute Gasteiger partial charge is 0.480 e. The van der Waals surface area contributed by atoms with Crippen molar-refractivity contribution in [3.8, 4) is 0 Å². The molecule has 1 aliphatic rings. The summed E-state index contributed by atoms with van der Waals surface area (Å²) >= 11 is 0. The van der Waals surface area contributed by atoms with Crippen molar-refractivity contribution < 1.29 is 23.8 Å². The molecule has 19 heavy (non-hydrogen) atoms. The zero-order valence-electron chi connectivity index (χ0n) is 10.3. The number of hydrogen-bond acceptors (Lipinski definition) is 4. The number of halogens is 1. The van der Waals surface area contributed by atoms with Crippen LogP contribution in [0.25, 0.3) is 0 Å². The highest BCUT2D eigenvalue weighted by Gasteiger charge is 2.43. The molecule has 0 spiro atoms. The van der Waals surface area contributed by atoms with Gasteiger partial charge >= 0.3 is 5.97 Å². The van der Waals surface area contributed by atoms with Gasteiger partial charge in [0.1, 0.15) is 18.0 Å². The molecule has 0 atom stereocenters. The minimum Gasteiger partial charge on any atom is -0.480 e. The maximum absolute atomic E-state index is 13.0. The standard InChI is InChI=1S/C12H13FN2O4/c1-12(19-5-10(16)17)6-15(7-12)11(18)8-2-9(13)4-14-3-8/h2-4H,5-7H2,1H3,(H,16,17). The van der Waals surface area contributed by atoms with Crippen molar-refractivity contribution >= 4 is 11.9 Å². The number of ether oxygens (including phenoxy) is 1. The average molecular weight is 268 g/mol. The van der Waals surface area contributed by atoms with Crippen molar-refractivity contribution in [2.45, 2.75) is 12.5 Å². The van der Waals surface area contributed by atoms with Gasteiger partial charge in [0.15, 0.2) is 0 Å². The number of carboxylic acids is 1. The topological polar surface area (TPSA) is 79.7 Å². The lowest BCUT2D eigenvalue weighted by Crippen LogP contribution is -2.63. The van der Waals surface area contributed by atoms with Crippen LogP contribution in [-0.2, 0) is 9.53 Å². The lowest BCUT2D eigenvalue weighted by atomic mass is 9.95. The van der Waals surface area contributed by atoms with Crippen LogP contribution in [0.5, 0.6) is 0 Å². The lowest BCUT2D eigenvalue weighted by Gasteiger charge is -2.47. The Bertz CT molecular complexity index is 514. The quantitative estimate of drug-likeness (QED) is 0.862. The van der Waals surface area contributed by atoms with Gasteiger partial charge in [-0.25, -0.2) is 9.18 Å². The summed E-state index contributed by atoms with van der Waals surface area (Å²) < 4.78 is 18.1. The number of carbonyl (C=O) groups is 2. The van der Waals surface area contributed by atoms with E-state index in [9.17, 15) is 14.0 Å². The predicted molar refractivity (Wildman–Crippen MR) is 62.1 cm³/mol. The fourth-order valence-corrected chi connectivity index (χ4v) is 1.94. The Morgan fingerprint density at radius 1 is 1.53 bits per heavy atom. The average Bonchev–Trinajstić information content (AvgIpc) is 2.32. The fourth-order valence-electron chi connectivity index (χ4n) is 1.94. The Hall–Kier alpha value is -2.02. The molecule has 1 fully saturated rings. The smallest absolute Gasteiger partial charge is 0.329 e. The first-order valence-electron chi connectivity index (χ1n) is 5.65. The SMILES string of the molecule is CC1(OCC(=O)O)CN(C(=O)c2cncc(F)c2)C1. The van der Waals surface area contributed by atoms with Crippen LogP contribution >= 0.6 is 0 Å². The Morgan fingerprint density at radius 2 is 2.21 bits per heavy atom. The zero-order valence-corrected chi connectivity index (χ0v) is 10.3. The molecule has 0 bridgehead atoms. The van der Waals surface area contributed by atoms with Gasteiger partial charge < -0.3 is 14.7 Å². The molecule has 2 rings (SSSR count). The predicted octanol–water partition coefficient (Wildman–Crippen LogP) is 0.536. The molecule has 1 amide bonds. The van der Waals surface area contributed by atoms with Gasteiger partial charge in [0.2, 0.25) is 0 Å². The summed E-state index contributed by atoms with van der Waals surface area (Å²) in [5.74, 6) is -1.97. The number of rotatable bonds is 4. The Kier molecular flexibility index (Phi) is 3.48. The van der Waals surface area contributed by atoms with Crippen LogP contribution in [-0.4, -0.2) is 52.2 Å². The second-order valence-corrected chi connectivity index (χ2v) is 4.69. The van der Waals surface area contributed by atoms with Crippen LogP contribution in [0.3, 0.4) is 0 Å². The molecule has 7 heteroatoms. The van der Waals surface area contributed by atoms with Crippen molar-refractivity contribution in [2.24, 2.45) is 0 Å². The van der Waals surface area contributed by atoms with Crippen LogP contribution in [0.1, 0.15) is 17.3 Å². The van der Waals surface area contributed by atoms with E-state index in [-0.39, 0.29) is 24.6 Å². The highest BCUT2D eigenvalue weighted by molar-refractivity contribution is 5.94. The van der Waals surface area contributed by atoms with Crippen molar-refractivity contribution in [1.29, 1.82) is 0 Å². The van der Waals surface area contributed by atoms with E-state index in [0.717, 1.165) is 12.3 Å². The van der Waals surface area contributed by atoms with Crippen LogP contribution in [0, 0.1) is 5.82 Å². The Balaban J connectivity index is 1.93. The third-order valence-electron chi connectivity index (χ3n) is 2.83. The molecule has 1 N–H and O–H groups in total. The van der Waals surface area contributed by atoms with Gasteiger partial charge in [-0.2, -0.15) is 0 Å². The summed E-state index contributed by atoms with van der Waals surface area (Å²) in [6.45, 7) is 1.87. The van der Waals surface area contributed by atoms with E-state index in [1.54, 1.807) is 6.92 Å². The van der Waals surface area contributed by atoms with E-state index in [2.05, 4.69) is 4.98 Å². The van der Waals surface area contributed by atoms with Crippen LogP contribution < -0.4 is 0 Å². The number of amides is 1. The summed E-state index contributed by atoms with van der Waals surface area (Å²) in [4.78, 5) is 27.4. The molecule has 1 aromatic rings. The van der Waals surface area contributed by atoms with Gasteiger partial charge in [-0.3, -0.25) is 9.78 Å². The van der Waals surface area contributed by atoms with E-state index in [0.29, 0.717) is 0 Å². The van der Waals surface area contributed by atoms with Crippen molar-refractivity contribution in [1.82, 2.24) is 9.88 Å². The number of aliphatic carboxylic acids is 1. The summed E-state index contributed by atoms with van der Waals surface area (Å²) in [6.07, 6.45) is 2.31. The molecular formula is C12H13FN2O4. The molecule has 1 aromatic heterocycles. The molecule has 0 unspecified atom stereocenters. The van der Waals surface area contributed by atoms with Crippen molar-refractivity contribution in [3.05, 3.63) is 29.8 Å². The van der Waals surface area contributed by atoms with Gasteiger partial charge in [-0.1, -0.05) is 0 Å². The highest BCUT2D eigenvalue weighted by Crippen LogP contribution is 2.26. The van der Waals surface area contributed by atoms with Crippen LogP contribution in [0.15, 0.2) is 18.5 Å². The molecule has 0 saturated carbocycles. The van der Waals surface area contributed by atoms with Crippen molar-refractivity contribution in [2.75, 3.05) is 19.7 Å².